The van der Waals surface area contributed by atoms with E-state index >= 15 is 0 Å². The summed E-state index contributed by atoms with van der Waals surface area (Å²) in [5.41, 5.74) is 5.11. The van der Waals surface area contributed by atoms with Gasteiger partial charge in [0.1, 0.15) is 6.10 Å². The highest BCUT2D eigenvalue weighted by Crippen LogP contribution is 2.14. The molecule has 1 amide bonds. The number of carbonyl (C=O) groups is 2. The van der Waals surface area contributed by atoms with Crippen molar-refractivity contribution in [3.8, 4) is 0 Å². The maximum absolute atomic E-state index is 10.6. The molecular weight excluding hydrogens is 404 g/mol. The summed E-state index contributed by atoms with van der Waals surface area (Å²) in [6, 6.07) is 0. The van der Waals surface area contributed by atoms with Gasteiger partial charge in [-0.3, -0.25) is 4.79 Å². The van der Waals surface area contributed by atoms with Crippen LogP contribution in [-0.2, 0) is 9.59 Å². The lowest BCUT2D eigenvalue weighted by molar-refractivity contribution is -0.145. The van der Waals surface area contributed by atoms with E-state index in [1.165, 1.54) is 96.9 Å². The second kappa shape index (κ2) is 27.9. The molecule has 32 heavy (non-hydrogen) atoms. The molecule has 0 aliphatic carbocycles. The average Bonchev–Trinajstić information content (AvgIpc) is 2.68. The van der Waals surface area contributed by atoms with Crippen molar-refractivity contribution in [2.75, 3.05) is 20.6 Å². The van der Waals surface area contributed by atoms with Gasteiger partial charge < -0.3 is 20.8 Å². The quantitative estimate of drug-likeness (QED) is 0.218. The number of nitrogens with zero attached hydrogens (tertiary/aromatic N) is 1. The molecule has 1 atom stereocenters. The maximum Gasteiger partial charge on any atom is 0.332 e. The van der Waals surface area contributed by atoms with Gasteiger partial charge in [-0.2, -0.15) is 0 Å². The van der Waals surface area contributed by atoms with Crippen LogP contribution >= 0.6 is 0 Å². The van der Waals surface area contributed by atoms with E-state index in [1.54, 1.807) is 0 Å². The SMILES string of the molecule is CC(C)CCCCCCCCCCCCCCC(N)=O.CC(O)C(=O)O.CCCN(C)C. The zero-order valence-corrected chi connectivity index (χ0v) is 22.2. The van der Waals surface area contributed by atoms with Crippen LogP contribution in [0.15, 0.2) is 0 Å². The van der Waals surface area contributed by atoms with Crippen molar-refractivity contribution in [2.24, 2.45) is 11.7 Å². The van der Waals surface area contributed by atoms with Crippen molar-refractivity contribution in [3.63, 3.8) is 0 Å². The van der Waals surface area contributed by atoms with Gasteiger partial charge in [0.2, 0.25) is 5.91 Å². The molecule has 0 spiro atoms. The molecule has 0 aliphatic heterocycles. The number of carboxylic acids is 1. The fraction of sp³-hybridized carbons (Fsp3) is 0.923. The van der Waals surface area contributed by atoms with Crippen LogP contribution in [0.2, 0.25) is 0 Å². The second-order valence-corrected chi connectivity index (χ2v) is 9.46. The second-order valence-electron chi connectivity index (χ2n) is 9.46. The first kappa shape index (κ1) is 35.4. The van der Waals surface area contributed by atoms with E-state index in [0.29, 0.717) is 6.42 Å². The smallest absolute Gasteiger partial charge is 0.332 e. The standard InChI is InChI=1S/C18H37NO.C5H13N.C3H6O3/c1-17(2)15-13-11-9-7-5-3-4-6-8-10-12-14-16-18(19)20;1-4-5-6(2)3;1-2(4)3(5)6/h17H,3-16H2,1-2H3,(H2,19,20);4-5H2,1-3H3;2,4H,1H3,(H,5,6). The van der Waals surface area contributed by atoms with Crippen LogP contribution in [0.25, 0.3) is 0 Å². The van der Waals surface area contributed by atoms with Gasteiger partial charge in [-0.15, -0.1) is 0 Å². The number of rotatable bonds is 18. The number of carboxylic acid groups (broad SMARTS) is 1. The summed E-state index contributed by atoms with van der Waals surface area (Å²) in [6.45, 7) is 9.21. The summed E-state index contributed by atoms with van der Waals surface area (Å²) >= 11 is 0. The molecule has 0 aromatic heterocycles. The van der Waals surface area contributed by atoms with Crippen molar-refractivity contribution in [3.05, 3.63) is 0 Å². The highest BCUT2D eigenvalue weighted by molar-refractivity contribution is 5.73. The van der Waals surface area contributed by atoms with E-state index in [4.69, 9.17) is 15.9 Å². The molecule has 0 bridgehead atoms. The number of carbonyl (C=O) groups excluding carboxylic acids is 1. The first-order valence-electron chi connectivity index (χ1n) is 12.9. The fourth-order valence-electron chi connectivity index (χ4n) is 3.07. The Labute approximate surface area is 199 Å². The van der Waals surface area contributed by atoms with Crippen LogP contribution in [0.3, 0.4) is 0 Å². The third-order valence-electron chi connectivity index (χ3n) is 4.98. The third-order valence-corrected chi connectivity index (χ3v) is 4.98. The first-order valence-corrected chi connectivity index (χ1v) is 12.9. The summed E-state index contributed by atoms with van der Waals surface area (Å²) in [7, 11) is 4.17. The lowest BCUT2D eigenvalue weighted by atomic mass is 10.0. The summed E-state index contributed by atoms with van der Waals surface area (Å²) in [4.78, 5) is 22.2. The molecule has 0 radical (unpaired) electrons. The molecular formula is C26H56N2O4. The van der Waals surface area contributed by atoms with Crippen molar-refractivity contribution < 1.29 is 19.8 Å². The number of hydrogen-bond donors (Lipinski definition) is 3. The average molecular weight is 461 g/mol. The van der Waals surface area contributed by atoms with Gasteiger partial charge in [0.05, 0.1) is 0 Å². The molecule has 0 saturated heterocycles. The van der Waals surface area contributed by atoms with Crippen LogP contribution in [0, 0.1) is 5.92 Å². The maximum atomic E-state index is 10.6. The molecule has 194 valence electrons. The summed E-state index contributed by atoms with van der Waals surface area (Å²) in [5, 5.41) is 15.8. The first-order chi connectivity index (χ1) is 15.0. The van der Waals surface area contributed by atoms with Crippen LogP contribution < -0.4 is 5.73 Å². The Balaban J connectivity index is -0.000000571. The monoisotopic (exact) mass is 460 g/mol. The van der Waals surface area contributed by atoms with Crippen LogP contribution in [0.5, 0.6) is 0 Å². The Hall–Kier alpha value is -1.14. The zero-order chi connectivity index (χ0) is 25.2. The van der Waals surface area contributed by atoms with Crippen molar-refractivity contribution in [1.82, 2.24) is 4.90 Å². The molecule has 0 aliphatic rings. The molecule has 6 nitrogen and oxygen atoms in total. The van der Waals surface area contributed by atoms with Crippen molar-refractivity contribution in [2.45, 2.75) is 130 Å². The minimum Gasteiger partial charge on any atom is -0.479 e. The Kier molecular flexibility index (Phi) is 30.9. The predicted octanol–water partition coefficient (Wildman–Crippen LogP) is 6.00. The van der Waals surface area contributed by atoms with Gasteiger partial charge in [-0.1, -0.05) is 97.8 Å². The fourth-order valence-corrected chi connectivity index (χ4v) is 3.07. The Morgan fingerprint density at radius 2 is 1.12 bits per heavy atom. The molecule has 0 aromatic carbocycles. The Morgan fingerprint density at radius 1 is 0.781 bits per heavy atom. The number of aliphatic hydroxyl groups is 1. The number of amides is 1. The molecule has 6 heteroatoms. The summed E-state index contributed by atoms with van der Waals surface area (Å²) in [5.74, 6) is -0.466. The topological polar surface area (TPSA) is 104 Å². The van der Waals surface area contributed by atoms with Crippen molar-refractivity contribution >= 4 is 11.9 Å². The molecule has 0 fully saturated rings. The Bertz CT molecular complexity index is 399. The number of unbranched alkanes of at least 4 members (excludes halogenated alkanes) is 11. The minimum atomic E-state index is -1.23. The normalized spacial score (nSPS) is 11.4. The number of primary amides is 1. The molecule has 0 heterocycles. The lowest BCUT2D eigenvalue weighted by Gasteiger charge is -2.04. The predicted molar refractivity (Wildman–Crippen MR) is 137 cm³/mol. The summed E-state index contributed by atoms with van der Waals surface area (Å²) < 4.78 is 0. The molecule has 1 unspecified atom stereocenters. The highest BCUT2D eigenvalue weighted by atomic mass is 16.4. The van der Waals surface area contributed by atoms with Gasteiger partial charge in [0, 0.05) is 6.42 Å². The van der Waals surface area contributed by atoms with Gasteiger partial charge in [-0.25, -0.2) is 4.79 Å². The van der Waals surface area contributed by atoms with Crippen LogP contribution in [0.4, 0.5) is 0 Å². The number of hydrogen-bond acceptors (Lipinski definition) is 4. The molecule has 0 rings (SSSR count). The summed E-state index contributed by atoms with van der Waals surface area (Å²) in [6.07, 6.45) is 18.0. The Morgan fingerprint density at radius 3 is 1.34 bits per heavy atom. The minimum absolute atomic E-state index is 0.154. The molecule has 0 aromatic rings. The van der Waals surface area contributed by atoms with E-state index in [0.717, 1.165) is 12.3 Å². The van der Waals surface area contributed by atoms with E-state index in [9.17, 15) is 9.59 Å². The van der Waals surface area contributed by atoms with Crippen LogP contribution in [-0.4, -0.2) is 53.7 Å². The zero-order valence-electron chi connectivity index (χ0n) is 22.2. The van der Waals surface area contributed by atoms with E-state index in [1.807, 2.05) is 0 Å². The van der Waals surface area contributed by atoms with Gasteiger partial charge in [0.25, 0.3) is 0 Å². The van der Waals surface area contributed by atoms with Gasteiger partial charge >= 0.3 is 5.97 Å². The third kappa shape index (κ3) is 42.9. The lowest BCUT2D eigenvalue weighted by Crippen LogP contribution is -2.13. The van der Waals surface area contributed by atoms with Gasteiger partial charge in [-0.05, 0) is 46.3 Å². The van der Waals surface area contributed by atoms with E-state index in [2.05, 4.69) is 39.8 Å². The number of nitrogens with two attached hydrogens (primary N) is 1. The number of aliphatic hydroxyl groups excluding tert-OH is 1. The molecule has 4 N–H and O–H groups in total. The largest absolute Gasteiger partial charge is 0.479 e. The highest BCUT2D eigenvalue weighted by Gasteiger charge is 2.01. The number of aliphatic carboxylic acids is 1. The molecule has 0 saturated carbocycles. The van der Waals surface area contributed by atoms with E-state index < -0.39 is 12.1 Å². The van der Waals surface area contributed by atoms with Crippen molar-refractivity contribution in [1.29, 1.82) is 0 Å². The van der Waals surface area contributed by atoms with E-state index in [-0.39, 0.29) is 5.91 Å². The van der Waals surface area contributed by atoms with Crippen LogP contribution in [0.1, 0.15) is 124 Å². The van der Waals surface area contributed by atoms with Gasteiger partial charge in [0.15, 0.2) is 0 Å².